The average molecular weight is 300 g/mol. The van der Waals surface area contributed by atoms with E-state index in [1.807, 2.05) is 0 Å². The van der Waals surface area contributed by atoms with Gasteiger partial charge >= 0.3 is 0 Å². The largest absolute Gasteiger partial charge is 0.391 e. The van der Waals surface area contributed by atoms with E-state index in [1.165, 1.54) is 0 Å². The average Bonchev–Trinajstić information content (AvgIpc) is 2.58. The Labute approximate surface area is 122 Å². The highest BCUT2D eigenvalue weighted by Gasteiger charge is 2.24. The second-order valence-electron chi connectivity index (χ2n) is 5.14. The molecule has 1 fully saturated rings. The van der Waals surface area contributed by atoms with Crippen LogP contribution in [0.5, 0.6) is 0 Å². The van der Waals surface area contributed by atoms with Gasteiger partial charge in [-0.1, -0.05) is 31.5 Å². The third-order valence-electron chi connectivity index (χ3n) is 3.64. The number of nitrogens with two attached hydrogens (primary N) is 1. The molecule has 0 saturated heterocycles. The van der Waals surface area contributed by atoms with Crippen LogP contribution in [-0.2, 0) is 0 Å². The SMILES string of the molecule is NC(=S)c1cc(F)c(NC2CCCCCC2O)c(F)c1. The summed E-state index contributed by atoms with van der Waals surface area (Å²) in [4.78, 5) is -0.0520. The van der Waals surface area contributed by atoms with Crippen molar-refractivity contribution >= 4 is 22.9 Å². The van der Waals surface area contributed by atoms with Crippen LogP contribution in [0, 0.1) is 11.6 Å². The van der Waals surface area contributed by atoms with Crippen molar-refractivity contribution < 1.29 is 13.9 Å². The number of aliphatic hydroxyl groups is 1. The molecular weight excluding hydrogens is 282 g/mol. The van der Waals surface area contributed by atoms with Crippen molar-refractivity contribution in [2.24, 2.45) is 5.73 Å². The van der Waals surface area contributed by atoms with E-state index in [1.54, 1.807) is 0 Å². The molecule has 4 N–H and O–H groups in total. The molecule has 1 aliphatic carbocycles. The van der Waals surface area contributed by atoms with Crippen molar-refractivity contribution in [2.45, 2.75) is 44.2 Å². The third kappa shape index (κ3) is 3.43. The molecule has 2 atom stereocenters. The van der Waals surface area contributed by atoms with E-state index in [0.717, 1.165) is 31.4 Å². The molecule has 2 rings (SSSR count). The predicted octanol–water partition coefficient (Wildman–Crippen LogP) is 2.70. The number of rotatable bonds is 3. The standard InChI is InChI=1S/C14H18F2N2OS/c15-9-6-8(14(17)20)7-10(16)13(9)18-11-4-2-1-3-5-12(11)19/h6-7,11-12,18-19H,1-5H2,(H2,17,20). The molecule has 0 aliphatic heterocycles. The molecule has 110 valence electrons. The molecule has 0 heterocycles. The van der Waals surface area contributed by atoms with E-state index in [4.69, 9.17) is 18.0 Å². The first kappa shape index (κ1) is 15.1. The van der Waals surface area contributed by atoms with Gasteiger partial charge in [-0.15, -0.1) is 0 Å². The highest BCUT2D eigenvalue weighted by molar-refractivity contribution is 7.80. The molecule has 6 heteroatoms. The van der Waals surface area contributed by atoms with Gasteiger partial charge in [0.2, 0.25) is 0 Å². The Morgan fingerprint density at radius 1 is 1.20 bits per heavy atom. The van der Waals surface area contributed by atoms with Crippen LogP contribution in [-0.4, -0.2) is 22.2 Å². The summed E-state index contributed by atoms with van der Waals surface area (Å²) < 4.78 is 27.9. The van der Waals surface area contributed by atoms with Crippen molar-refractivity contribution in [3.05, 3.63) is 29.3 Å². The van der Waals surface area contributed by atoms with Crippen molar-refractivity contribution in [1.82, 2.24) is 0 Å². The third-order valence-corrected chi connectivity index (χ3v) is 3.87. The Kier molecular flexibility index (Phi) is 4.88. The zero-order valence-corrected chi connectivity index (χ0v) is 11.9. The van der Waals surface area contributed by atoms with Gasteiger partial charge in [0.05, 0.1) is 12.1 Å². The van der Waals surface area contributed by atoms with Crippen LogP contribution in [0.15, 0.2) is 12.1 Å². The van der Waals surface area contributed by atoms with Gasteiger partial charge in [0.15, 0.2) is 0 Å². The molecule has 0 spiro atoms. The number of halogens is 2. The minimum absolute atomic E-state index is 0.0520. The summed E-state index contributed by atoms with van der Waals surface area (Å²) in [6, 6.07) is 1.88. The lowest BCUT2D eigenvalue weighted by atomic mass is 10.1. The smallest absolute Gasteiger partial charge is 0.150 e. The topological polar surface area (TPSA) is 58.3 Å². The first-order chi connectivity index (χ1) is 9.49. The molecule has 0 radical (unpaired) electrons. The van der Waals surface area contributed by atoms with Crippen LogP contribution >= 0.6 is 12.2 Å². The van der Waals surface area contributed by atoms with Crippen molar-refractivity contribution in [2.75, 3.05) is 5.32 Å². The van der Waals surface area contributed by atoms with Crippen LogP contribution in [0.1, 0.15) is 37.7 Å². The van der Waals surface area contributed by atoms with Gasteiger partial charge in [-0.3, -0.25) is 0 Å². The molecule has 0 aromatic heterocycles. The van der Waals surface area contributed by atoms with E-state index in [-0.39, 0.29) is 22.3 Å². The lowest BCUT2D eigenvalue weighted by molar-refractivity contribution is 0.144. The summed E-state index contributed by atoms with van der Waals surface area (Å²) in [5.74, 6) is -1.49. The molecule has 2 unspecified atom stereocenters. The molecule has 3 nitrogen and oxygen atoms in total. The summed E-state index contributed by atoms with van der Waals surface area (Å²) in [5, 5.41) is 12.8. The Balaban J connectivity index is 2.22. The summed E-state index contributed by atoms with van der Waals surface area (Å²) in [7, 11) is 0. The quantitative estimate of drug-likeness (QED) is 0.593. The van der Waals surface area contributed by atoms with E-state index in [0.29, 0.717) is 12.8 Å². The Morgan fingerprint density at radius 3 is 2.40 bits per heavy atom. The lowest BCUT2D eigenvalue weighted by Gasteiger charge is -2.23. The molecule has 0 bridgehead atoms. The van der Waals surface area contributed by atoms with Gasteiger partial charge in [-0.25, -0.2) is 8.78 Å². The van der Waals surface area contributed by atoms with Crippen molar-refractivity contribution in [3.63, 3.8) is 0 Å². The second-order valence-corrected chi connectivity index (χ2v) is 5.58. The summed E-state index contributed by atoms with van der Waals surface area (Å²) >= 11 is 4.71. The van der Waals surface area contributed by atoms with Crippen molar-refractivity contribution in [1.29, 1.82) is 0 Å². The van der Waals surface area contributed by atoms with Gasteiger partial charge in [-0.2, -0.15) is 0 Å². The summed E-state index contributed by atoms with van der Waals surface area (Å²) in [5.41, 5.74) is 5.29. The fraction of sp³-hybridized carbons (Fsp3) is 0.500. The molecular formula is C14H18F2N2OS. The maximum Gasteiger partial charge on any atom is 0.150 e. The van der Waals surface area contributed by atoms with Crippen LogP contribution in [0.25, 0.3) is 0 Å². The number of aliphatic hydroxyl groups excluding tert-OH is 1. The van der Waals surface area contributed by atoms with E-state index in [9.17, 15) is 13.9 Å². The van der Waals surface area contributed by atoms with Crippen LogP contribution in [0.2, 0.25) is 0 Å². The number of anilines is 1. The molecule has 1 aromatic carbocycles. The first-order valence-corrected chi connectivity index (χ1v) is 7.13. The van der Waals surface area contributed by atoms with Gasteiger partial charge in [0, 0.05) is 5.56 Å². The Hall–Kier alpha value is -1.27. The maximum atomic E-state index is 14.0. The fourth-order valence-electron chi connectivity index (χ4n) is 2.50. The summed E-state index contributed by atoms with van der Waals surface area (Å²) in [6.07, 6.45) is 3.64. The monoisotopic (exact) mass is 300 g/mol. The van der Waals surface area contributed by atoms with E-state index in [2.05, 4.69) is 5.32 Å². The normalized spacial score (nSPS) is 23.1. The lowest BCUT2D eigenvalue weighted by Crippen LogP contribution is -2.33. The van der Waals surface area contributed by atoms with Crippen LogP contribution in [0.4, 0.5) is 14.5 Å². The number of thiocarbonyl (C=S) groups is 1. The van der Waals surface area contributed by atoms with Crippen molar-refractivity contribution in [3.8, 4) is 0 Å². The molecule has 1 saturated carbocycles. The van der Waals surface area contributed by atoms with Gasteiger partial charge < -0.3 is 16.2 Å². The van der Waals surface area contributed by atoms with Crippen LogP contribution < -0.4 is 11.1 Å². The summed E-state index contributed by atoms with van der Waals surface area (Å²) in [6.45, 7) is 0. The minimum atomic E-state index is -0.746. The minimum Gasteiger partial charge on any atom is -0.391 e. The van der Waals surface area contributed by atoms with Gasteiger partial charge in [-0.05, 0) is 25.0 Å². The molecule has 20 heavy (non-hydrogen) atoms. The van der Waals surface area contributed by atoms with Gasteiger partial charge in [0.25, 0.3) is 0 Å². The first-order valence-electron chi connectivity index (χ1n) is 6.72. The zero-order valence-electron chi connectivity index (χ0n) is 11.0. The van der Waals surface area contributed by atoms with Crippen LogP contribution in [0.3, 0.4) is 0 Å². The number of nitrogens with one attached hydrogen (secondary N) is 1. The number of benzene rings is 1. The molecule has 0 amide bonds. The molecule has 1 aliphatic rings. The number of hydrogen-bond donors (Lipinski definition) is 3. The Morgan fingerprint density at radius 2 is 1.80 bits per heavy atom. The predicted molar refractivity (Wildman–Crippen MR) is 78.7 cm³/mol. The number of hydrogen-bond acceptors (Lipinski definition) is 3. The Bertz CT molecular complexity index is 487. The highest BCUT2D eigenvalue weighted by atomic mass is 32.1. The highest BCUT2D eigenvalue weighted by Crippen LogP contribution is 2.26. The van der Waals surface area contributed by atoms with E-state index >= 15 is 0 Å². The fourth-order valence-corrected chi connectivity index (χ4v) is 2.61. The van der Waals surface area contributed by atoms with Gasteiger partial charge in [0.1, 0.15) is 22.3 Å². The zero-order chi connectivity index (χ0) is 14.7. The maximum absolute atomic E-state index is 14.0. The van der Waals surface area contributed by atoms with E-state index < -0.39 is 17.7 Å². The molecule has 1 aromatic rings. The second kappa shape index (κ2) is 6.45.